The molecule has 2 unspecified atom stereocenters. The van der Waals surface area contributed by atoms with Gasteiger partial charge in [-0.15, -0.1) is 12.3 Å². The minimum atomic E-state index is -0.872. The number of esters is 1. The van der Waals surface area contributed by atoms with Gasteiger partial charge in [-0.2, -0.15) is 0 Å². The van der Waals surface area contributed by atoms with Crippen molar-refractivity contribution in [1.29, 1.82) is 0 Å². The van der Waals surface area contributed by atoms with Crippen LogP contribution in [0.15, 0.2) is 0 Å². The van der Waals surface area contributed by atoms with Crippen molar-refractivity contribution in [3.05, 3.63) is 0 Å². The molecule has 0 aliphatic heterocycles. The highest BCUT2D eigenvalue weighted by Gasteiger charge is 2.57. The molecular weight excluding hydrogens is 130 g/mol. The maximum absolute atomic E-state index is 10.8. The second kappa shape index (κ2) is 1.99. The first-order chi connectivity index (χ1) is 4.65. The summed E-state index contributed by atoms with van der Waals surface area (Å²) < 4.78 is 4.45. The van der Waals surface area contributed by atoms with Gasteiger partial charge in [-0.05, 0) is 6.42 Å². The molecule has 1 rings (SSSR count). The van der Waals surface area contributed by atoms with Crippen molar-refractivity contribution in [2.75, 3.05) is 7.11 Å². The van der Waals surface area contributed by atoms with Gasteiger partial charge in [0.25, 0.3) is 0 Å². The second-order valence-electron chi connectivity index (χ2n) is 2.46. The number of hydrogen-bond acceptors (Lipinski definition) is 3. The van der Waals surface area contributed by atoms with Gasteiger partial charge in [0.2, 0.25) is 0 Å². The molecule has 3 nitrogen and oxygen atoms in total. The van der Waals surface area contributed by atoms with Crippen molar-refractivity contribution in [2.24, 2.45) is 11.7 Å². The summed E-state index contributed by atoms with van der Waals surface area (Å²) in [6.45, 7) is 0. The third-order valence-electron chi connectivity index (χ3n) is 1.77. The largest absolute Gasteiger partial charge is 0.468 e. The van der Waals surface area contributed by atoms with Gasteiger partial charge in [-0.3, -0.25) is 4.79 Å². The van der Waals surface area contributed by atoms with Gasteiger partial charge in [0, 0.05) is 0 Å². The van der Waals surface area contributed by atoms with E-state index in [1.54, 1.807) is 0 Å². The fourth-order valence-electron chi connectivity index (χ4n) is 0.902. The minimum Gasteiger partial charge on any atom is -0.468 e. The molecule has 1 saturated carbocycles. The lowest BCUT2D eigenvalue weighted by atomic mass is 10.2. The molecular formula is C7H9NO2. The van der Waals surface area contributed by atoms with Crippen LogP contribution in [0, 0.1) is 18.3 Å². The SMILES string of the molecule is C#CC1CC1(N)C(=O)OC. The summed E-state index contributed by atoms with van der Waals surface area (Å²) in [7, 11) is 1.31. The third-order valence-corrected chi connectivity index (χ3v) is 1.77. The van der Waals surface area contributed by atoms with E-state index in [1.807, 2.05) is 0 Å². The Kier molecular flexibility index (Phi) is 1.42. The third kappa shape index (κ3) is 0.775. The molecule has 1 fully saturated rings. The maximum Gasteiger partial charge on any atom is 0.327 e. The highest BCUT2D eigenvalue weighted by Crippen LogP contribution is 2.40. The normalized spacial score (nSPS) is 36.3. The van der Waals surface area contributed by atoms with Crippen LogP contribution in [0.3, 0.4) is 0 Å². The van der Waals surface area contributed by atoms with Crippen LogP contribution in [0.2, 0.25) is 0 Å². The van der Waals surface area contributed by atoms with Gasteiger partial charge < -0.3 is 10.5 Å². The van der Waals surface area contributed by atoms with Gasteiger partial charge in [0.15, 0.2) is 0 Å². The van der Waals surface area contributed by atoms with Crippen LogP contribution in [0.25, 0.3) is 0 Å². The van der Waals surface area contributed by atoms with Gasteiger partial charge >= 0.3 is 5.97 Å². The lowest BCUT2D eigenvalue weighted by Crippen LogP contribution is -2.36. The van der Waals surface area contributed by atoms with E-state index in [0.717, 1.165) is 0 Å². The van der Waals surface area contributed by atoms with Crippen molar-refractivity contribution < 1.29 is 9.53 Å². The zero-order chi connectivity index (χ0) is 7.78. The highest BCUT2D eigenvalue weighted by molar-refractivity contribution is 5.85. The van der Waals surface area contributed by atoms with E-state index in [2.05, 4.69) is 10.7 Å². The average molecular weight is 139 g/mol. The first-order valence-electron chi connectivity index (χ1n) is 2.98. The number of methoxy groups -OCH3 is 1. The molecule has 0 aromatic heterocycles. The first kappa shape index (κ1) is 7.10. The van der Waals surface area contributed by atoms with E-state index in [1.165, 1.54) is 7.11 Å². The summed E-state index contributed by atoms with van der Waals surface area (Å²) in [5, 5.41) is 0. The van der Waals surface area contributed by atoms with Crippen LogP contribution in [0.4, 0.5) is 0 Å². The van der Waals surface area contributed by atoms with E-state index >= 15 is 0 Å². The molecule has 10 heavy (non-hydrogen) atoms. The Balaban J connectivity index is 2.60. The van der Waals surface area contributed by atoms with Crippen LogP contribution in [0.5, 0.6) is 0 Å². The molecule has 0 spiro atoms. The smallest absolute Gasteiger partial charge is 0.327 e. The summed E-state index contributed by atoms with van der Waals surface area (Å²) in [5.41, 5.74) is 4.67. The summed E-state index contributed by atoms with van der Waals surface area (Å²) in [6, 6.07) is 0. The molecule has 1 aliphatic rings. The Morgan fingerprint density at radius 1 is 2.00 bits per heavy atom. The highest BCUT2D eigenvalue weighted by atomic mass is 16.5. The molecule has 2 N–H and O–H groups in total. The Hall–Kier alpha value is -1.01. The maximum atomic E-state index is 10.8. The minimum absolute atomic E-state index is 0.125. The molecule has 3 heteroatoms. The van der Waals surface area contributed by atoms with Crippen molar-refractivity contribution in [1.82, 2.24) is 0 Å². The van der Waals surface area contributed by atoms with E-state index in [4.69, 9.17) is 12.2 Å². The van der Waals surface area contributed by atoms with Crippen LogP contribution in [-0.2, 0) is 9.53 Å². The van der Waals surface area contributed by atoms with Crippen LogP contribution >= 0.6 is 0 Å². The van der Waals surface area contributed by atoms with E-state index < -0.39 is 11.5 Å². The summed E-state index contributed by atoms with van der Waals surface area (Å²) in [5.74, 6) is 1.89. The first-order valence-corrected chi connectivity index (χ1v) is 2.98. The standard InChI is InChI=1S/C7H9NO2/c1-3-5-4-7(5,8)6(9)10-2/h1,5H,4,8H2,2H3. The van der Waals surface area contributed by atoms with Crippen molar-refractivity contribution >= 4 is 5.97 Å². The quantitative estimate of drug-likeness (QED) is 0.394. The predicted molar refractivity (Wildman–Crippen MR) is 35.9 cm³/mol. The molecule has 0 aromatic rings. The number of terminal acetylenes is 1. The number of rotatable bonds is 1. The Morgan fingerprint density at radius 2 is 2.60 bits per heavy atom. The van der Waals surface area contributed by atoms with E-state index in [-0.39, 0.29) is 5.92 Å². The average Bonchev–Trinajstić information content (AvgIpc) is 2.61. The van der Waals surface area contributed by atoms with Gasteiger partial charge in [0.1, 0.15) is 5.54 Å². The molecule has 54 valence electrons. The monoisotopic (exact) mass is 139 g/mol. The van der Waals surface area contributed by atoms with E-state index in [9.17, 15) is 4.79 Å². The van der Waals surface area contributed by atoms with Crippen LogP contribution in [-0.4, -0.2) is 18.6 Å². The van der Waals surface area contributed by atoms with Gasteiger partial charge in [-0.25, -0.2) is 0 Å². The number of ether oxygens (including phenoxy) is 1. The Labute approximate surface area is 59.5 Å². The number of nitrogens with two attached hydrogens (primary N) is 1. The number of carbonyl (C=O) groups excluding carboxylic acids is 1. The fraction of sp³-hybridized carbons (Fsp3) is 0.571. The topological polar surface area (TPSA) is 52.3 Å². The zero-order valence-corrected chi connectivity index (χ0v) is 5.76. The number of carbonyl (C=O) groups is 1. The molecule has 0 heterocycles. The lowest BCUT2D eigenvalue weighted by molar-refractivity contribution is -0.143. The lowest BCUT2D eigenvalue weighted by Gasteiger charge is -2.04. The molecule has 0 amide bonds. The number of hydrogen-bond donors (Lipinski definition) is 1. The van der Waals surface area contributed by atoms with E-state index in [0.29, 0.717) is 6.42 Å². The molecule has 0 radical (unpaired) electrons. The van der Waals surface area contributed by atoms with Crippen molar-refractivity contribution in [3.8, 4) is 12.3 Å². The Bertz CT molecular complexity index is 206. The summed E-state index contributed by atoms with van der Waals surface area (Å²) in [6.07, 6.45) is 5.62. The molecule has 0 saturated heterocycles. The summed E-state index contributed by atoms with van der Waals surface area (Å²) >= 11 is 0. The van der Waals surface area contributed by atoms with Crippen molar-refractivity contribution in [3.63, 3.8) is 0 Å². The molecule has 0 bridgehead atoms. The predicted octanol–water partition coefficient (Wildman–Crippen LogP) is -0.490. The molecule has 1 aliphatic carbocycles. The van der Waals surface area contributed by atoms with Crippen molar-refractivity contribution in [2.45, 2.75) is 12.0 Å². The molecule has 0 aromatic carbocycles. The van der Waals surface area contributed by atoms with Gasteiger partial charge in [0.05, 0.1) is 13.0 Å². The van der Waals surface area contributed by atoms with Gasteiger partial charge in [-0.1, -0.05) is 0 Å². The zero-order valence-electron chi connectivity index (χ0n) is 5.76. The Morgan fingerprint density at radius 3 is 2.90 bits per heavy atom. The second-order valence-corrected chi connectivity index (χ2v) is 2.46. The van der Waals surface area contributed by atoms with Crippen LogP contribution in [0.1, 0.15) is 6.42 Å². The van der Waals surface area contributed by atoms with Crippen LogP contribution < -0.4 is 5.73 Å². The summed E-state index contributed by atoms with van der Waals surface area (Å²) in [4.78, 5) is 10.8. The molecule has 2 atom stereocenters. The fourth-order valence-corrected chi connectivity index (χ4v) is 0.902.